The molecule has 1 atom stereocenters. The molecule has 25 heavy (non-hydrogen) atoms. The molecule has 2 amide bonds. The van der Waals surface area contributed by atoms with Crippen LogP contribution in [0.15, 0.2) is 30.3 Å². The third-order valence-electron chi connectivity index (χ3n) is 4.16. The van der Waals surface area contributed by atoms with Crippen molar-refractivity contribution in [1.82, 2.24) is 9.21 Å². The molecule has 0 saturated carbocycles. The summed E-state index contributed by atoms with van der Waals surface area (Å²) < 4.78 is 24.3. The Morgan fingerprint density at radius 3 is 2.36 bits per heavy atom. The van der Waals surface area contributed by atoms with Crippen molar-refractivity contribution in [3.8, 4) is 0 Å². The van der Waals surface area contributed by atoms with Crippen molar-refractivity contribution in [2.45, 2.75) is 12.5 Å². The minimum Gasteiger partial charge on any atom is -0.383 e. The smallest absolute Gasteiger partial charge is 0.251 e. The summed E-state index contributed by atoms with van der Waals surface area (Å²) in [6, 6.07) is 8.98. The van der Waals surface area contributed by atoms with E-state index in [1.54, 1.807) is 24.3 Å². The summed E-state index contributed by atoms with van der Waals surface area (Å²) in [7, 11) is -3.26. The lowest BCUT2D eigenvalue weighted by molar-refractivity contribution is -0.141. The predicted molar refractivity (Wildman–Crippen MR) is 93.5 cm³/mol. The van der Waals surface area contributed by atoms with Crippen molar-refractivity contribution >= 4 is 28.0 Å². The molecular formula is C16H23N3O5S. The highest BCUT2D eigenvalue weighted by Gasteiger charge is 2.29. The number of sulfonamides is 1. The summed E-state index contributed by atoms with van der Waals surface area (Å²) in [5.74, 6) is -0.438. The fourth-order valence-electron chi connectivity index (χ4n) is 2.70. The lowest BCUT2D eigenvalue weighted by atomic mass is 10.2. The Kier molecular flexibility index (Phi) is 6.51. The van der Waals surface area contributed by atoms with E-state index in [2.05, 4.69) is 0 Å². The van der Waals surface area contributed by atoms with Crippen LogP contribution < -0.4 is 4.90 Å². The van der Waals surface area contributed by atoms with Crippen LogP contribution in [-0.2, 0) is 19.6 Å². The van der Waals surface area contributed by atoms with Crippen LogP contribution in [0.3, 0.4) is 0 Å². The van der Waals surface area contributed by atoms with Crippen LogP contribution in [0.4, 0.5) is 5.69 Å². The van der Waals surface area contributed by atoms with Crippen LogP contribution in [-0.4, -0.2) is 80.1 Å². The number of aliphatic hydroxyl groups is 1. The van der Waals surface area contributed by atoms with Crippen molar-refractivity contribution in [2.75, 3.05) is 43.9 Å². The number of benzene rings is 1. The zero-order valence-corrected chi connectivity index (χ0v) is 14.9. The first-order valence-corrected chi connectivity index (χ1v) is 9.86. The Morgan fingerprint density at radius 2 is 1.84 bits per heavy atom. The van der Waals surface area contributed by atoms with Gasteiger partial charge in [-0.2, -0.15) is 4.31 Å². The second kappa shape index (κ2) is 8.41. The molecule has 1 aliphatic heterocycles. The molecule has 1 aliphatic rings. The Labute approximate surface area is 147 Å². The minimum absolute atomic E-state index is 0.110. The quantitative estimate of drug-likeness (QED) is 0.654. The number of carbonyl (C=O) groups excluding carboxylic acids is 2. The summed E-state index contributed by atoms with van der Waals surface area (Å²) in [5.41, 5.74) is 0.693. The summed E-state index contributed by atoms with van der Waals surface area (Å²) >= 11 is 0. The summed E-state index contributed by atoms with van der Waals surface area (Å²) in [5, 5.41) is 10.1. The maximum atomic E-state index is 12.3. The van der Waals surface area contributed by atoms with Gasteiger partial charge in [-0.3, -0.25) is 9.59 Å². The molecular weight excluding hydrogens is 346 g/mol. The monoisotopic (exact) mass is 369 g/mol. The molecule has 1 aromatic carbocycles. The summed E-state index contributed by atoms with van der Waals surface area (Å²) in [6.07, 6.45) is 0.684. The third-order valence-corrected chi connectivity index (χ3v) is 5.47. The predicted octanol–water partition coefficient (Wildman–Crippen LogP) is -0.496. The molecule has 138 valence electrons. The normalized spacial score (nSPS) is 17.1. The SMILES string of the molecule is CS(=O)(=O)N1CCN(C(=O)C(O)CCN(C=O)c2ccccc2)CC1. The van der Waals surface area contributed by atoms with E-state index >= 15 is 0 Å². The molecule has 0 radical (unpaired) electrons. The van der Waals surface area contributed by atoms with Gasteiger partial charge in [0.2, 0.25) is 16.4 Å². The summed E-state index contributed by atoms with van der Waals surface area (Å²) in [4.78, 5) is 26.4. The van der Waals surface area contributed by atoms with Gasteiger partial charge in [0.15, 0.2) is 0 Å². The number of nitrogens with zero attached hydrogens (tertiary/aromatic N) is 3. The number of piperazine rings is 1. The first-order valence-electron chi connectivity index (χ1n) is 8.02. The molecule has 1 unspecified atom stereocenters. The molecule has 1 fully saturated rings. The molecule has 8 nitrogen and oxygen atoms in total. The Bertz CT molecular complexity index is 687. The number of rotatable bonds is 7. The minimum atomic E-state index is -3.26. The molecule has 1 heterocycles. The Hall–Kier alpha value is -1.97. The number of para-hydroxylation sites is 1. The van der Waals surface area contributed by atoms with Crippen molar-refractivity contribution in [3.05, 3.63) is 30.3 Å². The number of anilines is 1. The van der Waals surface area contributed by atoms with Crippen molar-refractivity contribution < 1.29 is 23.1 Å². The third kappa shape index (κ3) is 5.25. The van der Waals surface area contributed by atoms with Crippen LogP contribution in [0.1, 0.15) is 6.42 Å². The molecule has 0 aliphatic carbocycles. The second-order valence-corrected chi connectivity index (χ2v) is 7.91. The largest absolute Gasteiger partial charge is 0.383 e. The van der Waals surface area contributed by atoms with E-state index in [9.17, 15) is 23.1 Å². The summed E-state index contributed by atoms with van der Waals surface area (Å²) in [6.45, 7) is 1.16. The lowest BCUT2D eigenvalue weighted by Crippen LogP contribution is -2.52. The topological polar surface area (TPSA) is 98.2 Å². The van der Waals surface area contributed by atoms with E-state index in [4.69, 9.17) is 0 Å². The molecule has 0 aromatic heterocycles. The molecule has 1 aromatic rings. The maximum Gasteiger partial charge on any atom is 0.251 e. The van der Waals surface area contributed by atoms with Gasteiger partial charge < -0.3 is 14.9 Å². The van der Waals surface area contributed by atoms with Crippen LogP contribution in [0.2, 0.25) is 0 Å². The standard InChI is InChI=1S/C16H23N3O5S/c1-25(23,24)19-11-9-17(10-12-19)16(22)15(21)7-8-18(13-20)14-5-3-2-4-6-14/h2-6,13,15,21H,7-12H2,1H3. The van der Waals surface area contributed by atoms with E-state index in [0.29, 0.717) is 12.1 Å². The van der Waals surface area contributed by atoms with E-state index < -0.39 is 22.0 Å². The lowest BCUT2D eigenvalue weighted by Gasteiger charge is -2.34. The van der Waals surface area contributed by atoms with Gasteiger partial charge in [0.05, 0.1) is 6.26 Å². The molecule has 1 N–H and O–H groups in total. The first-order chi connectivity index (χ1) is 11.8. The number of amides is 2. The first kappa shape index (κ1) is 19.4. The number of aliphatic hydroxyl groups excluding tert-OH is 1. The highest BCUT2D eigenvalue weighted by atomic mass is 32.2. The molecule has 9 heteroatoms. The van der Waals surface area contributed by atoms with E-state index in [1.807, 2.05) is 6.07 Å². The maximum absolute atomic E-state index is 12.3. The van der Waals surface area contributed by atoms with E-state index in [1.165, 1.54) is 14.1 Å². The Balaban J connectivity index is 1.85. The Morgan fingerprint density at radius 1 is 1.24 bits per heavy atom. The van der Waals surface area contributed by atoms with Gasteiger partial charge in [-0.25, -0.2) is 8.42 Å². The van der Waals surface area contributed by atoms with Crippen molar-refractivity contribution in [3.63, 3.8) is 0 Å². The molecule has 2 rings (SSSR count). The number of carbonyl (C=O) groups is 2. The fraction of sp³-hybridized carbons (Fsp3) is 0.500. The van der Waals surface area contributed by atoms with Crippen LogP contribution in [0.25, 0.3) is 0 Å². The average molecular weight is 369 g/mol. The fourth-order valence-corrected chi connectivity index (χ4v) is 3.52. The van der Waals surface area contributed by atoms with Crippen LogP contribution in [0.5, 0.6) is 0 Å². The molecule has 0 bridgehead atoms. The van der Waals surface area contributed by atoms with Crippen molar-refractivity contribution in [2.24, 2.45) is 0 Å². The van der Waals surface area contributed by atoms with E-state index in [-0.39, 0.29) is 39.1 Å². The van der Waals surface area contributed by atoms with Gasteiger partial charge in [-0.1, -0.05) is 18.2 Å². The number of hydrogen-bond acceptors (Lipinski definition) is 5. The highest BCUT2D eigenvalue weighted by molar-refractivity contribution is 7.88. The van der Waals surface area contributed by atoms with Gasteiger partial charge in [0.25, 0.3) is 5.91 Å². The van der Waals surface area contributed by atoms with Gasteiger partial charge in [0.1, 0.15) is 6.10 Å². The zero-order chi connectivity index (χ0) is 18.4. The average Bonchev–Trinajstić information content (AvgIpc) is 2.61. The van der Waals surface area contributed by atoms with Gasteiger partial charge >= 0.3 is 0 Å². The van der Waals surface area contributed by atoms with Crippen LogP contribution >= 0.6 is 0 Å². The zero-order valence-electron chi connectivity index (χ0n) is 14.1. The molecule has 1 saturated heterocycles. The van der Waals surface area contributed by atoms with Gasteiger partial charge in [0, 0.05) is 44.8 Å². The van der Waals surface area contributed by atoms with E-state index in [0.717, 1.165) is 6.26 Å². The number of hydrogen-bond donors (Lipinski definition) is 1. The van der Waals surface area contributed by atoms with Crippen molar-refractivity contribution in [1.29, 1.82) is 0 Å². The van der Waals surface area contributed by atoms with Gasteiger partial charge in [-0.05, 0) is 12.1 Å². The highest BCUT2D eigenvalue weighted by Crippen LogP contribution is 2.13. The van der Waals surface area contributed by atoms with Gasteiger partial charge in [-0.15, -0.1) is 0 Å². The van der Waals surface area contributed by atoms with Crippen LogP contribution in [0, 0.1) is 0 Å². The second-order valence-electron chi connectivity index (χ2n) is 5.93. The molecule has 0 spiro atoms.